The van der Waals surface area contributed by atoms with Gasteiger partial charge >= 0.3 is 12.1 Å². The fourth-order valence-corrected chi connectivity index (χ4v) is 1.49. The molecule has 116 valence electrons. The van der Waals surface area contributed by atoms with Gasteiger partial charge in [-0.3, -0.25) is 10.1 Å². The van der Waals surface area contributed by atoms with Crippen molar-refractivity contribution in [1.29, 1.82) is 0 Å². The van der Waals surface area contributed by atoms with Crippen molar-refractivity contribution < 1.29 is 23.8 Å². The number of anilines is 1. The van der Waals surface area contributed by atoms with E-state index in [9.17, 15) is 9.59 Å². The average molecular weight is 295 g/mol. The minimum absolute atomic E-state index is 0.144. The van der Waals surface area contributed by atoms with Gasteiger partial charge in [-0.15, -0.1) is 0 Å². The molecule has 0 bridgehead atoms. The normalized spacial score (nSPS) is 10.7. The SMILES string of the molecule is CC(=O)OCOc1ccc(NC(=O)OC(C)(C)C)cc1C. The smallest absolute Gasteiger partial charge is 0.412 e. The zero-order chi connectivity index (χ0) is 16.0. The third-order valence-corrected chi connectivity index (χ3v) is 2.30. The molecule has 0 aliphatic carbocycles. The molecule has 1 aromatic carbocycles. The number of carbonyl (C=O) groups excluding carboxylic acids is 2. The molecular formula is C15H21NO5. The van der Waals surface area contributed by atoms with E-state index in [1.807, 2.05) is 6.92 Å². The Morgan fingerprint density at radius 1 is 1.24 bits per heavy atom. The summed E-state index contributed by atoms with van der Waals surface area (Å²) in [5, 5.41) is 2.64. The molecule has 0 heterocycles. The highest BCUT2D eigenvalue weighted by atomic mass is 16.7. The summed E-state index contributed by atoms with van der Waals surface area (Å²) in [6.07, 6.45) is -0.518. The fourth-order valence-electron chi connectivity index (χ4n) is 1.49. The first-order valence-corrected chi connectivity index (χ1v) is 6.54. The third kappa shape index (κ3) is 6.65. The third-order valence-electron chi connectivity index (χ3n) is 2.30. The van der Waals surface area contributed by atoms with Crippen LogP contribution in [-0.2, 0) is 14.3 Å². The van der Waals surface area contributed by atoms with Gasteiger partial charge in [0.2, 0.25) is 6.79 Å². The largest absolute Gasteiger partial charge is 0.457 e. The number of rotatable bonds is 4. The van der Waals surface area contributed by atoms with Crippen LogP contribution >= 0.6 is 0 Å². The van der Waals surface area contributed by atoms with Gasteiger partial charge in [0, 0.05) is 12.6 Å². The number of carbonyl (C=O) groups is 2. The van der Waals surface area contributed by atoms with Gasteiger partial charge in [0.15, 0.2) is 0 Å². The molecule has 0 radical (unpaired) electrons. The Labute approximate surface area is 124 Å². The van der Waals surface area contributed by atoms with Crippen LogP contribution in [0.2, 0.25) is 0 Å². The van der Waals surface area contributed by atoms with Crippen molar-refractivity contribution in [3.8, 4) is 5.75 Å². The first-order valence-electron chi connectivity index (χ1n) is 6.54. The van der Waals surface area contributed by atoms with Crippen molar-refractivity contribution in [2.24, 2.45) is 0 Å². The summed E-state index contributed by atoms with van der Waals surface area (Å²) in [6.45, 7) is 8.37. The molecule has 6 heteroatoms. The molecule has 0 fully saturated rings. The van der Waals surface area contributed by atoms with E-state index < -0.39 is 17.7 Å². The summed E-state index contributed by atoms with van der Waals surface area (Å²) in [4.78, 5) is 22.3. The summed E-state index contributed by atoms with van der Waals surface area (Å²) < 4.78 is 15.2. The molecule has 0 saturated carbocycles. The van der Waals surface area contributed by atoms with Crippen molar-refractivity contribution in [1.82, 2.24) is 0 Å². The van der Waals surface area contributed by atoms with Gasteiger partial charge in [0.25, 0.3) is 0 Å². The Hall–Kier alpha value is -2.24. The van der Waals surface area contributed by atoms with E-state index in [1.54, 1.807) is 39.0 Å². The lowest BCUT2D eigenvalue weighted by molar-refractivity contribution is -0.147. The van der Waals surface area contributed by atoms with E-state index in [-0.39, 0.29) is 6.79 Å². The zero-order valence-corrected chi connectivity index (χ0v) is 13.0. The Bertz CT molecular complexity index is 519. The molecule has 1 aromatic rings. The summed E-state index contributed by atoms with van der Waals surface area (Å²) >= 11 is 0. The van der Waals surface area contributed by atoms with Gasteiger partial charge in [-0.05, 0) is 51.5 Å². The van der Waals surface area contributed by atoms with Crippen LogP contribution in [0, 0.1) is 6.92 Å². The second-order valence-electron chi connectivity index (χ2n) is 5.51. The van der Waals surface area contributed by atoms with E-state index >= 15 is 0 Å². The maximum Gasteiger partial charge on any atom is 0.412 e. The number of ether oxygens (including phenoxy) is 3. The molecule has 1 rings (SSSR count). The standard InChI is InChI=1S/C15H21NO5/c1-10-8-12(16-14(18)21-15(3,4)5)6-7-13(10)20-9-19-11(2)17/h6-8H,9H2,1-5H3,(H,16,18). The van der Waals surface area contributed by atoms with Crippen molar-refractivity contribution >= 4 is 17.7 Å². The minimum atomic E-state index is -0.549. The Kier molecular flexibility index (Phi) is 5.58. The highest BCUT2D eigenvalue weighted by Gasteiger charge is 2.16. The van der Waals surface area contributed by atoms with Gasteiger partial charge in [-0.1, -0.05) is 0 Å². The molecule has 1 N–H and O–H groups in total. The second kappa shape index (κ2) is 6.97. The molecule has 0 spiro atoms. The minimum Gasteiger partial charge on any atom is -0.457 e. The van der Waals surface area contributed by atoms with Crippen LogP contribution in [-0.4, -0.2) is 24.5 Å². The highest BCUT2D eigenvalue weighted by Crippen LogP contribution is 2.22. The van der Waals surface area contributed by atoms with Crippen molar-refractivity contribution in [3.63, 3.8) is 0 Å². The molecule has 0 aromatic heterocycles. The molecule has 0 atom stereocenters. The molecule has 1 amide bonds. The lowest BCUT2D eigenvalue weighted by atomic mass is 10.2. The van der Waals surface area contributed by atoms with Gasteiger partial charge in [-0.2, -0.15) is 0 Å². The monoisotopic (exact) mass is 295 g/mol. The van der Waals surface area contributed by atoms with Gasteiger partial charge in [-0.25, -0.2) is 4.79 Å². The topological polar surface area (TPSA) is 73.9 Å². The number of nitrogens with one attached hydrogen (secondary N) is 1. The highest BCUT2D eigenvalue weighted by molar-refractivity contribution is 5.85. The predicted octanol–water partition coefficient (Wildman–Crippen LogP) is 3.24. The maximum absolute atomic E-state index is 11.6. The Morgan fingerprint density at radius 3 is 2.43 bits per heavy atom. The van der Waals surface area contributed by atoms with Gasteiger partial charge in [0.1, 0.15) is 11.4 Å². The van der Waals surface area contributed by atoms with Gasteiger partial charge in [0.05, 0.1) is 0 Å². The second-order valence-corrected chi connectivity index (χ2v) is 5.51. The number of hydrogen-bond donors (Lipinski definition) is 1. The molecule has 0 aliphatic rings. The van der Waals surface area contributed by atoms with Crippen LogP contribution in [0.25, 0.3) is 0 Å². The number of aryl methyl sites for hydroxylation is 1. The molecule has 6 nitrogen and oxygen atoms in total. The zero-order valence-electron chi connectivity index (χ0n) is 13.0. The van der Waals surface area contributed by atoms with Crippen LogP contribution < -0.4 is 10.1 Å². The van der Waals surface area contributed by atoms with Crippen molar-refractivity contribution in [2.75, 3.05) is 12.1 Å². The predicted molar refractivity (Wildman–Crippen MR) is 78.3 cm³/mol. The summed E-state index contributed by atoms with van der Waals surface area (Å²) in [6, 6.07) is 5.11. The molecule has 0 saturated heterocycles. The van der Waals surface area contributed by atoms with Gasteiger partial charge < -0.3 is 14.2 Å². The fraction of sp³-hybridized carbons (Fsp3) is 0.467. The quantitative estimate of drug-likeness (QED) is 0.682. The van der Waals surface area contributed by atoms with Crippen molar-refractivity contribution in [2.45, 2.75) is 40.2 Å². The van der Waals surface area contributed by atoms with E-state index in [4.69, 9.17) is 14.2 Å². The Morgan fingerprint density at radius 2 is 1.90 bits per heavy atom. The lowest BCUT2D eigenvalue weighted by Gasteiger charge is -2.20. The van der Waals surface area contributed by atoms with Crippen LogP contribution in [0.15, 0.2) is 18.2 Å². The number of benzene rings is 1. The summed E-state index contributed by atoms with van der Waals surface area (Å²) in [5.41, 5.74) is 0.851. The first kappa shape index (κ1) is 16.8. The molecule has 0 unspecified atom stereocenters. The van der Waals surface area contributed by atoms with E-state index in [2.05, 4.69) is 5.32 Å². The van der Waals surface area contributed by atoms with E-state index in [1.165, 1.54) is 6.92 Å². The van der Waals surface area contributed by atoms with E-state index in [0.29, 0.717) is 11.4 Å². The Balaban J connectivity index is 2.61. The van der Waals surface area contributed by atoms with Crippen LogP contribution in [0.4, 0.5) is 10.5 Å². The lowest BCUT2D eigenvalue weighted by Crippen LogP contribution is -2.27. The number of esters is 1. The molecule has 0 aliphatic heterocycles. The number of amides is 1. The first-order chi connectivity index (χ1) is 9.67. The van der Waals surface area contributed by atoms with Crippen molar-refractivity contribution in [3.05, 3.63) is 23.8 Å². The van der Waals surface area contributed by atoms with Crippen LogP contribution in [0.3, 0.4) is 0 Å². The van der Waals surface area contributed by atoms with Crippen LogP contribution in [0.1, 0.15) is 33.3 Å². The summed E-state index contributed by atoms with van der Waals surface area (Å²) in [7, 11) is 0. The average Bonchev–Trinajstić information content (AvgIpc) is 2.28. The maximum atomic E-state index is 11.6. The molecular weight excluding hydrogens is 274 g/mol. The summed E-state index contributed by atoms with van der Waals surface area (Å²) in [5.74, 6) is 0.168. The van der Waals surface area contributed by atoms with E-state index in [0.717, 1.165) is 5.56 Å². The molecule has 21 heavy (non-hydrogen) atoms. The van der Waals surface area contributed by atoms with Crippen LogP contribution in [0.5, 0.6) is 5.75 Å². The number of hydrogen-bond acceptors (Lipinski definition) is 5.